The predicted octanol–water partition coefficient (Wildman–Crippen LogP) is 2.02. The Morgan fingerprint density at radius 3 is 2.89 bits per heavy atom. The minimum atomic E-state index is -0.266. The number of nitrogens with zero attached hydrogens (tertiary/aromatic N) is 2. The smallest absolute Gasteiger partial charge is 0.109 e. The van der Waals surface area contributed by atoms with Crippen LogP contribution in [0.3, 0.4) is 0 Å². The molecule has 2 unspecified atom stereocenters. The molecule has 0 amide bonds. The molecule has 0 aromatic heterocycles. The van der Waals surface area contributed by atoms with Crippen LogP contribution in [0.5, 0.6) is 0 Å². The Hall–Kier alpha value is -0.630. The Morgan fingerprint density at radius 2 is 2.26 bits per heavy atom. The minimum absolute atomic E-state index is 0.266. The van der Waals surface area contributed by atoms with Gasteiger partial charge in [-0.3, -0.25) is 5.32 Å². The first-order valence-corrected chi connectivity index (χ1v) is 7.52. The summed E-state index contributed by atoms with van der Waals surface area (Å²) in [5, 5.41) is 13.1. The van der Waals surface area contributed by atoms with E-state index in [9.17, 15) is 5.26 Å². The van der Waals surface area contributed by atoms with Gasteiger partial charge in [-0.2, -0.15) is 5.26 Å². The lowest BCUT2D eigenvalue weighted by molar-refractivity contribution is 0.154. The highest BCUT2D eigenvalue weighted by Gasteiger charge is 2.42. The van der Waals surface area contributed by atoms with Crippen molar-refractivity contribution in [2.24, 2.45) is 5.92 Å². The number of nitrogens with one attached hydrogen (secondary N) is 1. The molecule has 19 heavy (non-hydrogen) atoms. The third kappa shape index (κ3) is 4.76. The van der Waals surface area contributed by atoms with E-state index < -0.39 is 0 Å². The van der Waals surface area contributed by atoms with Gasteiger partial charge < -0.3 is 9.64 Å². The molecule has 1 aliphatic carbocycles. The minimum Gasteiger partial charge on any atom is -0.383 e. The molecule has 0 aromatic carbocycles. The van der Waals surface area contributed by atoms with E-state index in [0.29, 0.717) is 5.92 Å². The van der Waals surface area contributed by atoms with Gasteiger partial charge in [-0.05, 0) is 51.7 Å². The fourth-order valence-corrected chi connectivity index (χ4v) is 2.97. The summed E-state index contributed by atoms with van der Waals surface area (Å²) in [6.07, 6.45) is 5.56. The zero-order valence-corrected chi connectivity index (χ0v) is 12.7. The molecule has 0 radical (unpaired) electrons. The molecule has 1 saturated carbocycles. The van der Waals surface area contributed by atoms with E-state index in [1.165, 1.54) is 12.8 Å². The van der Waals surface area contributed by atoms with Crippen LogP contribution in [0.4, 0.5) is 0 Å². The first-order chi connectivity index (χ1) is 9.18. The number of methoxy groups -OCH3 is 1. The van der Waals surface area contributed by atoms with E-state index in [1.54, 1.807) is 7.11 Å². The molecule has 110 valence electrons. The molecule has 1 rings (SSSR count). The van der Waals surface area contributed by atoms with Gasteiger partial charge >= 0.3 is 0 Å². The van der Waals surface area contributed by atoms with Crippen molar-refractivity contribution in [1.29, 1.82) is 5.26 Å². The van der Waals surface area contributed by atoms with Gasteiger partial charge in [-0.15, -0.1) is 0 Å². The van der Waals surface area contributed by atoms with Crippen LogP contribution in [0.1, 0.15) is 39.0 Å². The van der Waals surface area contributed by atoms with Crippen molar-refractivity contribution in [3.8, 4) is 6.07 Å². The van der Waals surface area contributed by atoms with Crippen molar-refractivity contribution < 1.29 is 4.74 Å². The molecular weight excluding hydrogens is 238 g/mol. The van der Waals surface area contributed by atoms with Gasteiger partial charge in [-0.1, -0.05) is 13.3 Å². The van der Waals surface area contributed by atoms with Crippen molar-refractivity contribution in [3.05, 3.63) is 0 Å². The maximum Gasteiger partial charge on any atom is 0.109 e. The lowest BCUT2D eigenvalue weighted by Crippen LogP contribution is -2.48. The zero-order valence-electron chi connectivity index (χ0n) is 12.7. The monoisotopic (exact) mass is 267 g/mol. The molecular formula is C15H29N3O. The van der Waals surface area contributed by atoms with Crippen molar-refractivity contribution in [2.45, 2.75) is 44.6 Å². The van der Waals surface area contributed by atoms with Gasteiger partial charge in [0, 0.05) is 13.7 Å². The summed E-state index contributed by atoms with van der Waals surface area (Å²) in [6.45, 7) is 5.89. The lowest BCUT2D eigenvalue weighted by Gasteiger charge is -2.31. The quantitative estimate of drug-likeness (QED) is 0.694. The van der Waals surface area contributed by atoms with Crippen molar-refractivity contribution >= 4 is 0 Å². The van der Waals surface area contributed by atoms with Crippen molar-refractivity contribution in [2.75, 3.05) is 40.4 Å². The van der Waals surface area contributed by atoms with Crippen molar-refractivity contribution in [1.82, 2.24) is 10.2 Å². The molecule has 1 aliphatic rings. The van der Waals surface area contributed by atoms with Crippen LogP contribution in [0.25, 0.3) is 0 Å². The summed E-state index contributed by atoms with van der Waals surface area (Å²) in [4.78, 5) is 2.30. The average molecular weight is 267 g/mol. The summed E-state index contributed by atoms with van der Waals surface area (Å²) < 4.78 is 5.09. The van der Waals surface area contributed by atoms with Gasteiger partial charge in [0.2, 0.25) is 0 Å². The van der Waals surface area contributed by atoms with E-state index in [2.05, 4.69) is 30.3 Å². The summed E-state index contributed by atoms with van der Waals surface area (Å²) in [5.74, 6) is 0.494. The van der Waals surface area contributed by atoms with E-state index in [4.69, 9.17) is 4.74 Å². The van der Waals surface area contributed by atoms with Crippen LogP contribution >= 0.6 is 0 Å². The molecule has 1 N–H and O–H groups in total. The van der Waals surface area contributed by atoms with E-state index in [-0.39, 0.29) is 5.54 Å². The molecule has 0 bridgehead atoms. The van der Waals surface area contributed by atoms with Gasteiger partial charge in [0.15, 0.2) is 0 Å². The fraction of sp³-hybridized carbons (Fsp3) is 0.933. The topological polar surface area (TPSA) is 48.3 Å². The van der Waals surface area contributed by atoms with Crippen LogP contribution < -0.4 is 5.32 Å². The Morgan fingerprint density at radius 1 is 1.47 bits per heavy atom. The second-order valence-electron chi connectivity index (χ2n) is 5.68. The normalized spacial score (nSPS) is 26.8. The van der Waals surface area contributed by atoms with E-state index >= 15 is 0 Å². The van der Waals surface area contributed by atoms with Gasteiger partial charge in [-0.25, -0.2) is 0 Å². The predicted molar refractivity (Wildman–Crippen MR) is 78.0 cm³/mol. The lowest BCUT2D eigenvalue weighted by atomic mass is 9.85. The van der Waals surface area contributed by atoms with Crippen molar-refractivity contribution in [3.63, 3.8) is 0 Å². The van der Waals surface area contributed by atoms with Crippen LogP contribution in [0.15, 0.2) is 0 Å². The SMILES string of the molecule is CCCNC1(C#N)CCCC1CCN(C)CCOC. The average Bonchev–Trinajstić information content (AvgIpc) is 2.84. The number of likely N-dealkylation sites (N-methyl/N-ethyl adjacent to an activating group) is 1. The standard InChI is InChI=1S/C15H29N3O/c1-4-9-17-15(13-16)8-5-6-14(15)7-10-18(2)11-12-19-3/h14,17H,4-12H2,1-3H3. The number of nitriles is 1. The van der Waals surface area contributed by atoms with Crippen LogP contribution in [0, 0.1) is 17.2 Å². The maximum atomic E-state index is 9.57. The Kier molecular flexibility index (Phi) is 7.37. The number of hydrogen-bond acceptors (Lipinski definition) is 4. The van der Waals surface area contributed by atoms with Gasteiger partial charge in [0.1, 0.15) is 5.54 Å². The number of hydrogen-bond donors (Lipinski definition) is 1. The molecule has 0 spiro atoms. The summed E-state index contributed by atoms with van der Waals surface area (Å²) >= 11 is 0. The highest BCUT2D eigenvalue weighted by atomic mass is 16.5. The van der Waals surface area contributed by atoms with E-state index in [1.807, 2.05) is 0 Å². The molecule has 2 atom stereocenters. The molecule has 0 aromatic rings. The van der Waals surface area contributed by atoms with Gasteiger partial charge in [0.05, 0.1) is 12.7 Å². The molecule has 0 saturated heterocycles. The summed E-state index contributed by atoms with van der Waals surface area (Å²) in [5.41, 5.74) is -0.266. The summed E-state index contributed by atoms with van der Waals surface area (Å²) in [7, 11) is 3.86. The third-order valence-electron chi connectivity index (χ3n) is 4.25. The van der Waals surface area contributed by atoms with Gasteiger partial charge in [0.25, 0.3) is 0 Å². The Balaban J connectivity index is 2.44. The molecule has 4 nitrogen and oxygen atoms in total. The zero-order chi connectivity index (χ0) is 14.1. The third-order valence-corrected chi connectivity index (χ3v) is 4.25. The molecule has 4 heteroatoms. The number of rotatable bonds is 9. The largest absolute Gasteiger partial charge is 0.383 e. The highest BCUT2D eigenvalue weighted by Crippen LogP contribution is 2.37. The van der Waals surface area contributed by atoms with Crippen LogP contribution in [0.2, 0.25) is 0 Å². The Bertz CT molecular complexity index is 290. The van der Waals surface area contributed by atoms with Crippen LogP contribution in [-0.2, 0) is 4.74 Å². The fourth-order valence-electron chi connectivity index (χ4n) is 2.97. The highest BCUT2D eigenvalue weighted by molar-refractivity contribution is 5.14. The second-order valence-corrected chi connectivity index (χ2v) is 5.68. The maximum absolute atomic E-state index is 9.57. The Labute approximate surface area is 118 Å². The van der Waals surface area contributed by atoms with E-state index in [0.717, 1.165) is 45.5 Å². The first kappa shape index (κ1) is 16.4. The van der Waals surface area contributed by atoms with Crippen LogP contribution in [-0.4, -0.2) is 50.8 Å². The summed E-state index contributed by atoms with van der Waals surface area (Å²) in [6, 6.07) is 2.57. The molecule has 1 fully saturated rings. The molecule has 0 aliphatic heterocycles. The first-order valence-electron chi connectivity index (χ1n) is 7.52. The second kappa shape index (κ2) is 8.52. The molecule has 0 heterocycles. The number of ether oxygens (including phenoxy) is 1.